The van der Waals surface area contributed by atoms with Gasteiger partial charge in [-0.25, -0.2) is 20.0 Å². The van der Waals surface area contributed by atoms with Gasteiger partial charge in [0.05, 0.1) is 36.9 Å². The summed E-state index contributed by atoms with van der Waals surface area (Å²) in [6.45, 7) is 1.82. The van der Waals surface area contributed by atoms with Crippen molar-refractivity contribution in [3.8, 4) is 22.7 Å². The lowest BCUT2D eigenvalue weighted by Crippen LogP contribution is -2.29. The van der Waals surface area contributed by atoms with Crippen molar-refractivity contribution in [2.75, 3.05) is 32.3 Å². The maximum absolute atomic E-state index is 14.3. The first kappa shape index (κ1) is 27.2. The summed E-state index contributed by atoms with van der Waals surface area (Å²) in [5.41, 5.74) is 8.30. The first-order valence-electron chi connectivity index (χ1n) is 12.6. The number of methoxy groups -OCH3 is 1. The molecule has 12 heteroatoms. The second-order valence-electron chi connectivity index (χ2n) is 9.07. The molecule has 0 aliphatic rings. The van der Waals surface area contributed by atoms with Crippen LogP contribution in [0.25, 0.3) is 27.7 Å². The lowest BCUT2D eigenvalue weighted by molar-refractivity contribution is -0.0756. The number of amides is 1. The summed E-state index contributed by atoms with van der Waals surface area (Å²) in [6, 6.07) is 17.7. The molecule has 0 aliphatic heterocycles. The molecule has 0 bridgehead atoms. The molecule has 12 nitrogen and oxygen atoms in total. The van der Waals surface area contributed by atoms with Crippen molar-refractivity contribution in [2.24, 2.45) is 0 Å². The highest BCUT2D eigenvalue weighted by Gasteiger charge is 2.24. The Morgan fingerprint density at radius 3 is 2.56 bits per heavy atom. The molecular formula is C29H28N8O4. The van der Waals surface area contributed by atoms with Gasteiger partial charge in [0, 0.05) is 25.5 Å². The number of carbonyl (C=O) groups excluding carboxylic acids is 1. The Bertz CT molecular complexity index is 1790. The summed E-state index contributed by atoms with van der Waals surface area (Å²) < 4.78 is 6.85. The van der Waals surface area contributed by atoms with E-state index in [4.69, 9.17) is 20.3 Å². The standard InChI is InChI=1S/C29H28N8O4/c1-17(33-25-21(16-32-29(30)35-25)27(38)36(2)41-4)26-34-22-12-8-11-20(18-13-14-31-23(15-18)40-3)24(22)28(39)37(26)19-9-6-5-7-10-19/h5-17H,1-4H3,(H3,30,32,33,35)/t17-/m0/s1. The van der Waals surface area contributed by atoms with Crippen LogP contribution in [-0.4, -0.2) is 56.7 Å². The number of anilines is 2. The summed E-state index contributed by atoms with van der Waals surface area (Å²) in [6.07, 6.45) is 2.95. The zero-order chi connectivity index (χ0) is 29.1. The topological polar surface area (TPSA) is 150 Å². The highest BCUT2D eigenvalue weighted by Crippen LogP contribution is 2.30. The van der Waals surface area contributed by atoms with Gasteiger partial charge in [0.2, 0.25) is 11.8 Å². The fraction of sp³-hybridized carbons (Fsp3) is 0.172. The summed E-state index contributed by atoms with van der Waals surface area (Å²) in [7, 11) is 4.39. The molecule has 0 radical (unpaired) electrons. The smallest absolute Gasteiger partial charge is 0.282 e. The number of nitrogens with zero attached hydrogens (tertiary/aromatic N) is 6. The molecule has 208 valence electrons. The Kier molecular flexibility index (Phi) is 7.57. The third kappa shape index (κ3) is 5.28. The Labute approximate surface area is 235 Å². The number of carbonyl (C=O) groups is 1. The van der Waals surface area contributed by atoms with E-state index in [1.165, 1.54) is 27.5 Å². The van der Waals surface area contributed by atoms with Crippen molar-refractivity contribution in [3.05, 3.63) is 94.8 Å². The molecular weight excluding hydrogens is 524 g/mol. The minimum absolute atomic E-state index is 0.0272. The van der Waals surface area contributed by atoms with E-state index in [-0.39, 0.29) is 22.9 Å². The van der Waals surface area contributed by atoms with Crippen LogP contribution >= 0.6 is 0 Å². The third-order valence-electron chi connectivity index (χ3n) is 6.53. The second kappa shape index (κ2) is 11.4. The number of pyridine rings is 1. The Hall–Kier alpha value is -5.36. The number of fused-ring (bicyclic) bond motifs is 1. The molecule has 0 saturated carbocycles. The molecule has 1 atom stereocenters. The Morgan fingerprint density at radius 2 is 1.83 bits per heavy atom. The molecule has 5 rings (SSSR count). The largest absolute Gasteiger partial charge is 0.481 e. The Balaban J connectivity index is 1.70. The molecule has 0 spiro atoms. The predicted octanol–water partition coefficient (Wildman–Crippen LogP) is 3.64. The van der Waals surface area contributed by atoms with Gasteiger partial charge in [-0.05, 0) is 42.3 Å². The second-order valence-corrected chi connectivity index (χ2v) is 9.07. The fourth-order valence-electron chi connectivity index (χ4n) is 4.48. The van der Waals surface area contributed by atoms with Gasteiger partial charge in [-0.1, -0.05) is 30.3 Å². The van der Waals surface area contributed by atoms with Gasteiger partial charge in [-0.15, -0.1) is 0 Å². The van der Waals surface area contributed by atoms with Crippen LogP contribution in [-0.2, 0) is 4.84 Å². The molecule has 3 aromatic heterocycles. The van der Waals surface area contributed by atoms with Gasteiger partial charge in [0.1, 0.15) is 17.2 Å². The number of ether oxygens (including phenoxy) is 1. The molecule has 2 aromatic carbocycles. The lowest BCUT2D eigenvalue weighted by Gasteiger charge is -2.22. The van der Waals surface area contributed by atoms with Crippen molar-refractivity contribution in [1.82, 2.24) is 29.6 Å². The van der Waals surface area contributed by atoms with Crippen molar-refractivity contribution in [3.63, 3.8) is 0 Å². The van der Waals surface area contributed by atoms with E-state index in [2.05, 4.69) is 20.3 Å². The number of aromatic nitrogens is 5. The van der Waals surface area contributed by atoms with Crippen molar-refractivity contribution in [1.29, 1.82) is 0 Å². The van der Waals surface area contributed by atoms with Crippen LogP contribution < -0.4 is 21.3 Å². The van der Waals surface area contributed by atoms with Crippen LogP contribution in [0.15, 0.2) is 77.9 Å². The molecule has 5 aromatic rings. The number of hydroxylamine groups is 2. The number of nitrogens with two attached hydrogens (primary N) is 1. The number of hydrogen-bond donors (Lipinski definition) is 2. The first-order valence-corrected chi connectivity index (χ1v) is 12.6. The lowest BCUT2D eigenvalue weighted by atomic mass is 10.0. The minimum Gasteiger partial charge on any atom is -0.481 e. The normalized spacial score (nSPS) is 11.7. The van der Waals surface area contributed by atoms with E-state index < -0.39 is 11.9 Å². The molecule has 3 N–H and O–H groups in total. The molecule has 41 heavy (non-hydrogen) atoms. The van der Waals surface area contributed by atoms with Crippen LogP contribution in [0.1, 0.15) is 29.1 Å². The van der Waals surface area contributed by atoms with E-state index in [0.29, 0.717) is 33.9 Å². The summed E-state index contributed by atoms with van der Waals surface area (Å²) in [4.78, 5) is 49.7. The Morgan fingerprint density at radius 1 is 1.05 bits per heavy atom. The average molecular weight is 553 g/mol. The average Bonchev–Trinajstić information content (AvgIpc) is 3.00. The fourth-order valence-corrected chi connectivity index (χ4v) is 4.48. The van der Waals surface area contributed by atoms with Crippen LogP contribution in [0.2, 0.25) is 0 Å². The van der Waals surface area contributed by atoms with Gasteiger partial charge < -0.3 is 15.8 Å². The van der Waals surface area contributed by atoms with Crippen LogP contribution in [0, 0.1) is 0 Å². The number of nitrogens with one attached hydrogen (secondary N) is 1. The predicted molar refractivity (Wildman–Crippen MR) is 155 cm³/mol. The molecule has 0 aliphatic carbocycles. The maximum Gasteiger partial charge on any atom is 0.282 e. The van der Waals surface area contributed by atoms with Gasteiger partial charge >= 0.3 is 0 Å². The molecule has 1 amide bonds. The number of nitrogen functional groups attached to an aromatic ring is 1. The van der Waals surface area contributed by atoms with Gasteiger partial charge in [0.25, 0.3) is 11.5 Å². The van der Waals surface area contributed by atoms with E-state index in [0.717, 1.165) is 10.6 Å². The molecule has 0 unspecified atom stereocenters. The number of benzene rings is 2. The van der Waals surface area contributed by atoms with E-state index >= 15 is 0 Å². The highest BCUT2D eigenvalue weighted by atomic mass is 16.7. The third-order valence-corrected chi connectivity index (χ3v) is 6.53. The van der Waals surface area contributed by atoms with E-state index in [1.807, 2.05) is 55.5 Å². The monoisotopic (exact) mass is 552 g/mol. The molecule has 0 saturated heterocycles. The van der Waals surface area contributed by atoms with Crippen molar-refractivity contribution >= 4 is 28.6 Å². The number of hydrogen-bond acceptors (Lipinski definition) is 10. The van der Waals surface area contributed by atoms with Gasteiger partial charge in [-0.2, -0.15) is 4.98 Å². The quantitative estimate of drug-likeness (QED) is 0.273. The zero-order valence-corrected chi connectivity index (χ0v) is 22.9. The summed E-state index contributed by atoms with van der Waals surface area (Å²) in [5, 5.41) is 4.69. The zero-order valence-electron chi connectivity index (χ0n) is 22.9. The maximum atomic E-state index is 14.3. The van der Waals surface area contributed by atoms with E-state index in [9.17, 15) is 9.59 Å². The SMILES string of the molecule is COc1cc(-c2cccc3nc([C@H](C)Nc4nc(N)ncc4C(=O)N(C)OC)n(-c4ccccc4)c(=O)c23)ccn1. The minimum atomic E-state index is -0.606. The van der Waals surface area contributed by atoms with Gasteiger partial charge in [0.15, 0.2) is 0 Å². The number of para-hydroxylation sites is 1. The summed E-state index contributed by atoms with van der Waals surface area (Å²) >= 11 is 0. The first-order chi connectivity index (χ1) is 19.8. The molecule has 3 heterocycles. The van der Waals surface area contributed by atoms with Crippen molar-refractivity contribution < 1.29 is 14.4 Å². The van der Waals surface area contributed by atoms with Crippen LogP contribution in [0.5, 0.6) is 5.88 Å². The number of rotatable bonds is 8. The highest BCUT2D eigenvalue weighted by molar-refractivity contribution is 5.98. The van der Waals surface area contributed by atoms with Crippen LogP contribution in [0.3, 0.4) is 0 Å². The van der Waals surface area contributed by atoms with Crippen molar-refractivity contribution in [2.45, 2.75) is 13.0 Å². The molecule has 0 fully saturated rings. The van der Waals surface area contributed by atoms with E-state index in [1.54, 1.807) is 22.9 Å². The van der Waals surface area contributed by atoms with Crippen LogP contribution in [0.4, 0.5) is 11.8 Å². The van der Waals surface area contributed by atoms with Gasteiger partial charge in [-0.3, -0.25) is 19.0 Å². The summed E-state index contributed by atoms with van der Waals surface area (Å²) in [5.74, 6) is 0.491.